The molecule has 2 aromatic carbocycles. The van der Waals surface area contributed by atoms with Gasteiger partial charge in [0, 0.05) is 75.5 Å². The zero-order valence-corrected chi connectivity index (χ0v) is 65.3. The molecular formula is C83H128N6O8S2. The first-order valence-electron chi connectivity index (χ1n) is 39.1. The van der Waals surface area contributed by atoms with E-state index in [1.54, 1.807) is 0 Å². The predicted molar refractivity (Wildman–Crippen MR) is 401 cm³/mol. The predicted octanol–water partition coefficient (Wildman–Crippen LogP) is 13.5. The minimum Gasteiger partial charge on any atom is -0.465 e. The number of methoxy groups -OCH3 is 2. The molecule has 16 heteroatoms. The number of allylic oxidation sites excluding steroid dienone is 4. The van der Waals surface area contributed by atoms with E-state index in [9.17, 15) is 26.4 Å². The number of fused-ring (bicyclic) bond motifs is 14. The molecule has 2 aliphatic heterocycles. The summed E-state index contributed by atoms with van der Waals surface area (Å²) in [5.41, 5.74) is 8.76. The van der Waals surface area contributed by atoms with Crippen molar-refractivity contribution in [3.8, 4) is 0 Å². The maximum Gasteiger partial charge on any atom is 0.337 e. The van der Waals surface area contributed by atoms with E-state index in [2.05, 4.69) is 157 Å². The highest BCUT2D eigenvalue weighted by Crippen LogP contribution is 2.78. The van der Waals surface area contributed by atoms with Gasteiger partial charge in [0.1, 0.15) is 0 Å². The molecule has 2 aromatic rings. The van der Waals surface area contributed by atoms with Gasteiger partial charge < -0.3 is 40.1 Å². The first kappa shape index (κ1) is 73.8. The van der Waals surface area contributed by atoms with Crippen molar-refractivity contribution in [2.45, 2.75) is 208 Å². The zero-order chi connectivity index (χ0) is 70.9. The Morgan fingerprint density at radius 3 is 1.27 bits per heavy atom. The molecule has 10 fully saturated rings. The fourth-order valence-corrected chi connectivity index (χ4v) is 30.1. The van der Waals surface area contributed by atoms with Gasteiger partial charge in [0.2, 0.25) is 0 Å². The summed E-state index contributed by atoms with van der Waals surface area (Å²) in [7, 11) is 4.01. The quantitative estimate of drug-likeness (QED) is 0.153. The van der Waals surface area contributed by atoms with E-state index in [0.717, 1.165) is 39.0 Å². The van der Waals surface area contributed by atoms with E-state index in [1.165, 1.54) is 139 Å². The summed E-state index contributed by atoms with van der Waals surface area (Å²) in [5, 5.41) is 12.2. The van der Waals surface area contributed by atoms with Crippen LogP contribution in [0, 0.1) is 90.7 Å². The van der Waals surface area contributed by atoms with Crippen molar-refractivity contribution in [2.24, 2.45) is 90.7 Å². The first-order valence-corrected chi connectivity index (χ1v) is 42.8. The smallest absolute Gasteiger partial charge is 0.337 e. The van der Waals surface area contributed by atoms with Gasteiger partial charge in [-0.05, 0) is 274 Å². The lowest BCUT2D eigenvalue weighted by Gasteiger charge is -2.72. The van der Waals surface area contributed by atoms with Gasteiger partial charge in [0.25, 0.3) is 0 Å². The number of nitrogens with one attached hydrogen (secondary N) is 3. The lowest BCUT2D eigenvalue weighted by atomic mass is 9.33. The molecule has 10 aliphatic carbocycles. The van der Waals surface area contributed by atoms with Gasteiger partial charge in [0.05, 0.1) is 48.4 Å². The summed E-state index contributed by atoms with van der Waals surface area (Å²) in [6, 6.07) is 17.4. The second-order valence-electron chi connectivity index (χ2n) is 37.3. The molecule has 3 N–H and O–H groups in total. The monoisotopic (exact) mass is 1400 g/mol. The van der Waals surface area contributed by atoms with E-state index in [1.807, 2.05) is 24.3 Å². The van der Waals surface area contributed by atoms with Gasteiger partial charge in [-0.3, -0.25) is 0 Å². The topological polar surface area (TPSA) is 167 Å². The van der Waals surface area contributed by atoms with E-state index >= 15 is 0 Å². The van der Waals surface area contributed by atoms with Crippen LogP contribution in [0.5, 0.6) is 0 Å². The molecule has 14 rings (SSSR count). The molecule has 0 radical (unpaired) electrons. The SMILES string of the molecule is CN[C@@H]1CC[C@]2(NCCN3CCS(=O)(=O)CC3)CC[C@]3(C)[C@H](CC[C@@H]4[C@@]5(C)CC=C(c6ccc(C(=O)OC)cc6)C(C)(C)[C@@H]5CC[C@]43C)[C@@H]12.COC(=O)c1ccc(C2=CC[C@]3(C)[C@H]4CC[C@@H]5[C@H]6[C@H](N(C)C)CC[C@]6(NCCN6CCS(=O)(=O)CC6)CC[C@@]5(C)[C@]4(C)CC[C@H]3C2(C)C)cc1. The number of carbonyl (C=O) groups is 2. The molecule has 14 nitrogen and oxygen atoms in total. The third-order valence-electron chi connectivity index (χ3n) is 32.9. The fourth-order valence-electron chi connectivity index (χ4n) is 27.5. The Bertz CT molecular complexity index is 3620. The van der Waals surface area contributed by atoms with Crippen molar-refractivity contribution in [3.63, 3.8) is 0 Å². The Morgan fingerprint density at radius 1 is 0.485 bits per heavy atom. The van der Waals surface area contributed by atoms with Crippen LogP contribution in [0.2, 0.25) is 0 Å². The van der Waals surface area contributed by atoms with Crippen LogP contribution in [0.25, 0.3) is 11.1 Å². The van der Waals surface area contributed by atoms with Crippen LogP contribution in [0.1, 0.15) is 217 Å². The minimum atomic E-state index is -2.85. The molecular weight excluding hydrogens is 1270 g/mol. The van der Waals surface area contributed by atoms with Crippen LogP contribution in [-0.4, -0.2) is 177 Å². The standard InChI is InChI=1S/C42H65N3O4S.C41H63N3O4S/c1-38(2)31(29-9-11-30(12-10-29)37(46)49-8)15-18-39(3)34(38)17-19-41(5)35(39)14-13-32-36-33(44(6)7)16-20-42(36,22-21-40(32,41)4)43-23-24-45-25-27-50(47,48)28-26-45;1-37(2)30(28-8-10-29(11-9-28)36(45)48-7)14-17-38(3)33(37)16-18-40(5)34(38)13-12-31-35-32(42-6)15-19-41(35,21-20-39(31,40)4)43-22-23-44-24-26-49(46,47)27-25-44/h9-12,15,32-36,43H,13-14,16-28H2,1-8H3;8-11,14,31-35,42-43H,12-13,15-27H2,1-7H3/t32-,33-,34+,35-,36+,39+,40-,41-,42+;31-,32-,33+,34-,35+,38+,39-,40-,41+/m11/s1. The second kappa shape index (κ2) is 26.5. The highest BCUT2D eigenvalue weighted by atomic mass is 32.2. The fraction of sp³-hybridized carbons (Fsp3) is 0.783. The van der Waals surface area contributed by atoms with Gasteiger partial charge in [-0.2, -0.15) is 0 Å². The van der Waals surface area contributed by atoms with Crippen LogP contribution < -0.4 is 16.0 Å². The van der Waals surface area contributed by atoms with Crippen LogP contribution in [0.15, 0.2) is 60.7 Å². The Hall–Kier alpha value is -3.48. The van der Waals surface area contributed by atoms with E-state index in [-0.39, 0.29) is 44.7 Å². The molecule has 0 spiro atoms. The molecule has 0 unspecified atom stereocenters. The largest absolute Gasteiger partial charge is 0.465 e. The molecule has 8 saturated carbocycles. The van der Waals surface area contributed by atoms with Gasteiger partial charge in [-0.15, -0.1) is 0 Å². The summed E-state index contributed by atoms with van der Waals surface area (Å²) in [6.07, 6.45) is 28.0. The van der Waals surface area contributed by atoms with Gasteiger partial charge in [-0.1, -0.05) is 106 Å². The van der Waals surface area contributed by atoms with Gasteiger partial charge >= 0.3 is 11.9 Å². The molecule has 0 bridgehead atoms. The molecule has 2 heterocycles. The second-order valence-corrected chi connectivity index (χ2v) is 41.9. The van der Waals surface area contributed by atoms with Crippen molar-refractivity contribution in [1.82, 2.24) is 30.7 Å². The summed E-state index contributed by atoms with van der Waals surface area (Å²) >= 11 is 0. The number of esters is 2. The van der Waals surface area contributed by atoms with Crippen molar-refractivity contribution >= 4 is 42.8 Å². The Morgan fingerprint density at radius 2 is 0.879 bits per heavy atom. The Labute approximate surface area is 598 Å². The molecule has 99 heavy (non-hydrogen) atoms. The third-order valence-corrected chi connectivity index (χ3v) is 36.2. The average molecular weight is 1400 g/mol. The summed E-state index contributed by atoms with van der Waals surface area (Å²) in [4.78, 5) is 31.5. The number of ether oxygens (including phenoxy) is 2. The summed E-state index contributed by atoms with van der Waals surface area (Å²) in [6.45, 7) is 32.7. The Balaban J connectivity index is 0.000000178. The molecule has 550 valence electrons. The number of hydrogen-bond acceptors (Lipinski definition) is 14. The number of hydrogen-bond donors (Lipinski definition) is 3. The minimum absolute atomic E-state index is 0.0461. The molecule has 18 atom stereocenters. The summed E-state index contributed by atoms with van der Waals surface area (Å²) in [5.74, 6) is 5.97. The number of nitrogens with zero attached hydrogens (tertiary/aromatic N) is 3. The average Bonchev–Trinajstić information content (AvgIpc) is 1.51. The lowest BCUT2D eigenvalue weighted by molar-refractivity contribution is -0.220. The van der Waals surface area contributed by atoms with Crippen LogP contribution >= 0.6 is 0 Å². The number of carbonyl (C=O) groups excluding carboxylic acids is 2. The van der Waals surface area contributed by atoms with E-state index < -0.39 is 19.7 Å². The maximum absolute atomic E-state index is 12.1. The number of rotatable bonds is 14. The summed E-state index contributed by atoms with van der Waals surface area (Å²) < 4.78 is 58.0. The molecule has 12 aliphatic rings. The maximum atomic E-state index is 12.1. The van der Waals surface area contributed by atoms with Crippen LogP contribution in [-0.2, 0) is 29.1 Å². The zero-order valence-electron chi connectivity index (χ0n) is 63.7. The lowest BCUT2D eigenvalue weighted by Crippen LogP contribution is -2.69. The van der Waals surface area contributed by atoms with Crippen molar-refractivity contribution in [3.05, 3.63) is 82.9 Å². The third kappa shape index (κ3) is 12.1. The van der Waals surface area contributed by atoms with E-state index in [4.69, 9.17) is 9.47 Å². The molecule has 2 saturated heterocycles. The normalized spacial score (nSPS) is 42.3. The van der Waals surface area contributed by atoms with Gasteiger partial charge in [-0.25, -0.2) is 26.4 Å². The number of sulfone groups is 2. The van der Waals surface area contributed by atoms with Crippen molar-refractivity contribution in [2.75, 3.05) is 111 Å². The van der Waals surface area contributed by atoms with Crippen LogP contribution in [0.3, 0.4) is 0 Å². The highest BCUT2D eigenvalue weighted by Gasteiger charge is 2.73. The van der Waals surface area contributed by atoms with Crippen molar-refractivity contribution in [1.29, 1.82) is 0 Å². The Kier molecular flexibility index (Phi) is 19.8. The highest BCUT2D eigenvalue weighted by molar-refractivity contribution is 7.91. The van der Waals surface area contributed by atoms with Crippen LogP contribution in [0.4, 0.5) is 0 Å². The molecule has 0 aromatic heterocycles. The molecule has 0 amide bonds. The van der Waals surface area contributed by atoms with Gasteiger partial charge in [0.15, 0.2) is 19.7 Å². The van der Waals surface area contributed by atoms with E-state index in [0.29, 0.717) is 141 Å². The number of benzene rings is 2. The van der Waals surface area contributed by atoms with Crippen molar-refractivity contribution < 1.29 is 35.9 Å². The first-order chi connectivity index (χ1) is 46.7.